The van der Waals surface area contributed by atoms with Crippen LogP contribution < -0.4 is 0 Å². The van der Waals surface area contributed by atoms with Crippen LogP contribution in [0.2, 0.25) is 0 Å². The number of nitrogens with zero attached hydrogens (tertiary/aromatic N) is 1. The first-order chi connectivity index (χ1) is 5.09. The van der Waals surface area contributed by atoms with E-state index in [9.17, 15) is 9.59 Å². The third kappa shape index (κ3) is 3.65. The molecule has 3 heteroatoms. The third-order valence-corrected chi connectivity index (χ3v) is 1.31. The molecule has 0 saturated carbocycles. The number of Topliss-reactive ketones (excluding diaryl/α,β-unsaturated/α-hetero) is 2. The van der Waals surface area contributed by atoms with Crippen LogP contribution in [0.15, 0.2) is 4.99 Å². The lowest BCUT2D eigenvalue weighted by Crippen LogP contribution is -2.20. The molecule has 11 heavy (non-hydrogen) atoms. The number of rotatable bonds is 4. The Hall–Kier alpha value is -0.990. The van der Waals surface area contributed by atoms with Crippen molar-refractivity contribution in [2.45, 2.75) is 20.8 Å². The van der Waals surface area contributed by atoms with Gasteiger partial charge in [-0.1, -0.05) is 0 Å². The van der Waals surface area contributed by atoms with Crippen LogP contribution in [-0.4, -0.2) is 24.3 Å². The van der Waals surface area contributed by atoms with Crippen molar-refractivity contribution in [3.05, 3.63) is 0 Å². The molecule has 0 spiro atoms. The number of aliphatic imine (C=N–C) groups is 1. The average Bonchev–Trinajstić information content (AvgIpc) is 1.87. The van der Waals surface area contributed by atoms with E-state index in [0.29, 0.717) is 6.54 Å². The molecule has 0 saturated heterocycles. The van der Waals surface area contributed by atoms with E-state index in [1.165, 1.54) is 20.1 Å². The van der Waals surface area contributed by atoms with Crippen LogP contribution in [0.1, 0.15) is 20.8 Å². The SMILES string of the molecule is CCN=CC(C(C)=O)C(C)=O. The summed E-state index contributed by atoms with van der Waals surface area (Å²) in [5.41, 5.74) is 0. The average molecular weight is 155 g/mol. The summed E-state index contributed by atoms with van der Waals surface area (Å²) in [6.07, 6.45) is 1.42. The summed E-state index contributed by atoms with van der Waals surface area (Å²) in [5.74, 6) is -0.917. The summed E-state index contributed by atoms with van der Waals surface area (Å²) in [6.45, 7) is 5.26. The second kappa shape index (κ2) is 4.77. The maximum absolute atomic E-state index is 10.8. The molecule has 0 aromatic heterocycles. The predicted molar refractivity (Wildman–Crippen MR) is 43.9 cm³/mol. The first-order valence-corrected chi connectivity index (χ1v) is 3.60. The molecule has 0 aromatic carbocycles. The van der Waals surface area contributed by atoms with E-state index >= 15 is 0 Å². The normalized spacial score (nSPS) is 10.9. The maximum Gasteiger partial charge on any atom is 0.145 e. The van der Waals surface area contributed by atoms with Crippen LogP contribution in [0.25, 0.3) is 0 Å². The van der Waals surface area contributed by atoms with Gasteiger partial charge in [0.1, 0.15) is 17.5 Å². The van der Waals surface area contributed by atoms with Crippen LogP contribution in [0, 0.1) is 5.92 Å². The van der Waals surface area contributed by atoms with Crippen molar-refractivity contribution in [1.29, 1.82) is 0 Å². The van der Waals surface area contributed by atoms with Crippen LogP contribution in [-0.2, 0) is 9.59 Å². The van der Waals surface area contributed by atoms with Crippen LogP contribution >= 0.6 is 0 Å². The first kappa shape index (κ1) is 10.0. The number of hydrogen-bond acceptors (Lipinski definition) is 3. The van der Waals surface area contributed by atoms with E-state index < -0.39 is 5.92 Å². The highest BCUT2D eigenvalue weighted by atomic mass is 16.1. The lowest BCUT2D eigenvalue weighted by Gasteiger charge is -2.01. The Kier molecular flexibility index (Phi) is 4.34. The lowest BCUT2D eigenvalue weighted by atomic mass is 10.0. The zero-order valence-corrected chi connectivity index (χ0v) is 7.13. The minimum atomic E-state index is -0.630. The summed E-state index contributed by atoms with van der Waals surface area (Å²) in [6, 6.07) is 0. The van der Waals surface area contributed by atoms with Gasteiger partial charge in [-0.15, -0.1) is 0 Å². The van der Waals surface area contributed by atoms with Gasteiger partial charge >= 0.3 is 0 Å². The van der Waals surface area contributed by atoms with Gasteiger partial charge in [0.2, 0.25) is 0 Å². The van der Waals surface area contributed by atoms with E-state index in [4.69, 9.17) is 0 Å². The zero-order chi connectivity index (χ0) is 8.85. The molecule has 0 aromatic rings. The summed E-state index contributed by atoms with van der Waals surface area (Å²) in [7, 11) is 0. The molecule has 0 aliphatic heterocycles. The van der Waals surface area contributed by atoms with Gasteiger partial charge in [-0.2, -0.15) is 0 Å². The zero-order valence-electron chi connectivity index (χ0n) is 7.13. The fourth-order valence-electron chi connectivity index (χ4n) is 0.707. The third-order valence-electron chi connectivity index (χ3n) is 1.31. The van der Waals surface area contributed by atoms with E-state index in [2.05, 4.69) is 4.99 Å². The second-order valence-corrected chi connectivity index (χ2v) is 2.35. The van der Waals surface area contributed by atoms with Gasteiger partial charge in [-0.3, -0.25) is 14.6 Å². The van der Waals surface area contributed by atoms with E-state index in [1.54, 1.807) is 0 Å². The summed E-state index contributed by atoms with van der Waals surface area (Å²) >= 11 is 0. The largest absolute Gasteiger partial charge is 0.299 e. The Balaban J connectivity index is 4.23. The van der Waals surface area contributed by atoms with E-state index in [1.807, 2.05) is 6.92 Å². The minimum absolute atomic E-state index is 0.144. The van der Waals surface area contributed by atoms with Crippen LogP contribution in [0.3, 0.4) is 0 Å². The quantitative estimate of drug-likeness (QED) is 0.446. The number of ketones is 2. The molecule has 0 rings (SSSR count). The Bertz CT molecular complexity index is 171. The van der Waals surface area contributed by atoms with Crippen molar-refractivity contribution in [1.82, 2.24) is 0 Å². The van der Waals surface area contributed by atoms with Gasteiger partial charge in [0.25, 0.3) is 0 Å². The lowest BCUT2D eigenvalue weighted by molar-refractivity contribution is -0.127. The van der Waals surface area contributed by atoms with Crippen LogP contribution in [0.4, 0.5) is 0 Å². The molecule has 0 N–H and O–H groups in total. The summed E-state index contributed by atoms with van der Waals surface area (Å²) in [5, 5.41) is 0. The molecular weight excluding hydrogens is 142 g/mol. The molecule has 0 unspecified atom stereocenters. The van der Waals surface area contributed by atoms with Gasteiger partial charge in [0.15, 0.2) is 0 Å². The van der Waals surface area contributed by atoms with Crippen molar-refractivity contribution >= 4 is 17.8 Å². The van der Waals surface area contributed by atoms with Gasteiger partial charge in [-0.25, -0.2) is 0 Å². The van der Waals surface area contributed by atoms with Crippen molar-refractivity contribution < 1.29 is 9.59 Å². The monoisotopic (exact) mass is 155 g/mol. The van der Waals surface area contributed by atoms with Gasteiger partial charge in [-0.05, 0) is 20.8 Å². The number of hydrogen-bond donors (Lipinski definition) is 0. The predicted octanol–water partition coefficient (Wildman–Crippen LogP) is 0.871. The Labute approximate surface area is 66.5 Å². The maximum atomic E-state index is 10.8. The highest BCUT2D eigenvalue weighted by Gasteiger charge is 2.15. The molecule has 0 amide bonds. The standard InChI is InChI=1S/C8H13NO2/c1-4-9-5-8(6(2)10)7(3)11/h5,8H,4H2,1-3H3. The highest BCUT2D eigenvalue weighted by molar-refractivity contribution is 6.12. The fourth-order valence-corrected chi connectivity index (χ4v) is 0.707. The molecule has 3 nitrogen and oxygen atoms in total. The van der Waals surface area contributed by atoms with Gasteiger partial charge in [0.05, 0.1) is 0 Å². The topological polar surface area (TPSA) is 46.5 Å². The molecule has 0 heterocycles. The highest BCUT2D eigenvalue weighted by Crippen LogP contribution is 1.96. The number of carbonyl (C=O) groups excluding carboxylic acids is 2. The van der Waals surface area contributed by atoms with E-state index in [-0.39, 0.29) is 11.6 Å². The molecule has 0 bridgehead atoms. The Morgan fingerprint density at radius 2 is 1.82 bits per heavy atom. The molecule has 0 aliphatic rings. The minimum Gasteiger partial charge on any atom is -0.299 e. The van der Waals surface area contributed by atoms with Gasteiger partial charge in [0, 0.05) is 12.8 Å². The molecule has 62 valence electrons. The van der Waals surface area contributed by atoms with Crippen LogP contribution in [0.5, 0.6) is 0 Å². The molecule has 0 aliphatic carbocycles. The van der Waals surface area contributed by atoms with Crippen molar-refractivity contribution in [2.75, 3.05) is 6.54 Å². The molecular formula is C8H13NO2. The molecule has 0 radical (unpaired) electrons. The first-order valence-electron chi connectivity index (χ1n) is 3.60. The second-order valence-electron chi connectivity index (χ2n) is 2.35. The van der Waals surface area contributed by atoms with Crippen molar-refractivity contribution in [3.8, 4) is 0 Å². The summed E-state index contributed by atoms with van der Waals surface area (Å²) < 4.78 is 0. The smallest absolute Gasteiger partial charge is 0.145 e. The Morgan fingerprint density at radius 1 is 1.36 bits per heavy atom. The van der Waals surface area contributed by atoms with Gasteiger partial charge < -0.3 is 0 Å². The van der Waals surface area contributed by atoms with Crippen molar-refractivity contribution in [2.24, 2.45) is 10.9 Å². The number of carbonyl (C=O) groups is 2. The Morgan fingerprint density at radius 3 is 2.09 bits per heavy atom. The fraction of sp³-hybridized carbons (Fsp3) is 0.625. The van der Waals surface area contributed by atoms with E-state index in [0.717, 1.165) is 0 Å². The molecule has 0 atom stereocenters. The van der Waals surface area contributed by atoms with Crippen molar-refractivity contribution in [3.63, 3.8) is 0 Å². The summed E-state index contributed by atoms with van der Waals surface area (Å²) in [4.78, 5) is 25.4. The molecule has 0 fully saturated rings.